The summed E-state index contributed by atoms with van der Waals surface area (Å²) in [4.78, 5) is 12.3. The summed E-state index contributed by atoms with van der Waals surface area (Å²) in [6.07, 6.45) is 7.64. The molecule has 1 aromatic heterocycles. The van der Waals surface area contributed by atoms with Crippen LogP contribution in [0.25, 0.3) is 6.08 Å². The van der Waals surface area contributed by atoms with E-state index in [1.54, 1.807) is 29.2 Å². The monoisotopic (exact) mass is 342 g/mol. The van der Waals surface area contributed by atoms with Crippen LogP contribution in [0.3, 0.4) is 0 Å². The first-order valence-electron chi connectivity index (χ1n) is 8.71. The molecule has 0 saturated heterocycles. The maximum absolute atomic E-state index is 12.3. The molecular formula is C20H26N2O3. The molecular weight excluding hydrogens is 316 g/mol. The summed E-state index contributed by atoms with van der Waals surface area (Å²) >= 11 is 0. The van der Waals surface area contributed by atoms with Crippen LogP contribution < -0.4 is 9.47 Å². The second-order valence-corrected chi connectivity index (χ2v) is 5.99. The highest BCUT2D eigenvalue weighted by atomic mass is 16.5. The molecule has 1 heterocycles. The molecule has 0 amide bonds. The Bertz CT molecular complexity index is 732. The van der Waals surface area contributed by atoms with Crippen LogP contribution in [0.1, 0.15) is 56.1 Å². The van der Waals surface area contributed by atoms with Crippen molar-refractivity contribution in [2.45, 2.75) is 40.2 Å². The van der Waals surface area contributed by atoms with Crippen molar-refractivity contribution in [3.63, 3.8) is 0 Å². The Labute approximate surface area is 149 Å². The van der Waals surface area contributed by atoms with Crippen molar-refractivity contribution in [1.29, 1.82) is 0 Å². The molecule has 0 aliphatic heterocycles. The Morgan fingerprint density at radius 1 is 1.24 bits per heavy atom. The molecule has 0 aliphatic carbocycles. The van der Waals surface area contributed by atoms with E-state index in [1.165, 1.54) is 0 Å². The second kappa shape index (κ2) is 9.06. The van der Waals surface area contributed by atoms with Crippen LogP contribution >= 0.6 is 0 Å². The molecule has 0 saturated carbocycles. The third kappa shape index (κ3) is 5.21. The minimum Gasteiger partial charge on any atom is -0.490 e. The largest absolute Gasteiger partial charge is 0.490 e. The van der Waals surface area contributed by atoms with Crippen LogP contribution in [0.15, 0.2) is 36.7 Å². The third-order valence-electron chi connectivity index (χ3n) is 3.57. The highest BCUT2D eigenvalue weighted by Crippen LogP contribution is 2.29. The fraction of sp³-hybridized carbons (Fsp3) is 0.400. The molecule has 134 valence electrons. The van der Waals surface area contributed by atoms with E-state index in [0.717, 1.165) is 17.7 Å². The number of benzene rings is 1. The molecule has 0 aliphatic rings. The first kappa shape index (κ1) is 18.8. The van der Waals surface area contributed by atoms with Crippen molar-refractivity contribution in [2.75, 3.05) is 13.2 Å². The van der Waals surface area contributed by atoms with E-state index >= 15 is 0 Å². The van der Waals surface area contributed by atoms with Crippen molar-refractivity contribution in [1.82, 2.24) is 9.78 Å². The molecule has 2 rings (SSSR count). The molecule has 5 heteroatoms. The van der Waals surface area contributed by atoms with Crippen LogP contribution in [0.2, 0.25) is 0 Å². The summed E-state index contributed by atoms with van der Waals surface area (Å²) in [5.41, 5.74) is 1.47. The minimum absolute atomic E-state index is 0.0730. The van der Waals surface area contributed by atoms with Crippen molar-refractivity contribution < 1.29 is 14.3 Å². The second-order valence-electron chi connectivity index (χ2n) is 5.99. The molecule has 5 nitrogen and oxygen atoms in total. The van der Waals surface area contributed by atoms with Crippen molar-refractivity contribution in [2.24, 2.45) is 0 Å². The number of aromatic nitrogens is 2. The quantitative estimate of drug-likeness (QED) is 0.495. The zero-order valence-corrected chi connectivity index (χ0v) is 15.4. The normalized spacial score (nSPS) is 11.2. The predicted molar refractivity (Wildman–Crippen MR) is 99.4 cm³/mol. The number of rotatable bonds is 9. The van der Waals surface area contributed by atoms with Gasteiger partial charge < -0.3 is 9.47 Å². The number of nitrogens with zero attached hydrogens (tertiary/aromatic N) is 2. The average Bonchev–Trinajstić information content (AvgIpc) is 3.09. The van der Waals surface area contributed by atoms with E-state index in [9.17, 15) is 4.79 Å². The number of allylic oxidation sites excluding steroid dienone is 1. The van der Waals surface area contributed by atoms with Gasteiger partial charge in [-0.2, -0.15) is 5.10 Å². The summed E-state index contributed by atoms with van der Waals surface area (Å²) in [6, 6.07) is 5.90. The molecule has 0 atom stereocenters. The molecule has 1 aromatic carbocycles. The van der Waals surface area contributed by atoms with E-state index < -0.39 is 0 Å². The highest BCUT2D eigenvalue weighted by molar-refractivity contribution is 6.06. The van der Waals surface area contributed by atoms with E-state index in [1.807, 2.05) is 39.0 Å². The van der Waals surface area contributed by atoms with Gasteiger partial charge in [-0.25, -0.2) is 0 Å². The van der Waals surface area contributed by atoms with Gasteiger partial charge in [0.25, 0.3) is 0 Å². The maximum atomic E-state index is 12.3. The van der Waals surface area contributed by atoms with Crippen LogP contribution in [0.5, 0.6) is 11.5 Å². The van der Waals surface area contributed by atoms with Gasteiger partial charge in [0.05, 0.1) is 25.0 Å². The van der Waals surface area contributed by atoms with Gasteiger partial charge in [0.15, 0.2) is 17.3 Å². The van der Waals surface area contributed by atoms with Gasteiger partial charge in [-0.05, 0) is 51.0 Å². The first-order chi connectivity index (χ1) is 12.0. The molecule has 2 aromatic rings. The molecule has 0 unspecified atom stereocenters. The van der Waals surface area contributed by atoms with Gasteiger partial charge in [-0.1, -0.05) is 19.1 Å². The van der Waals surface area contributed by atoms with Crippen LogP contribution in [0, 0.1) is 0 Å². The molecule has 0 N–H and O–H groups in total. The molecule has 0 spiro atoms. The summed E-state index contributed by atoms with van der Waals surface area (Å²) in [6.45, 7) is 9.24. The Kier molecular flexibility index (Phi) is 6.81. The number of hydrogen-bond donors (Lipinski definition) is 0. The Morgan fingerprint density at radius 2 is 2.04 bits per heavy atom. The summed E-state index contributed by atoms with van der Waals surface area (Å²) in [5.74, 6) is 1.35. The maximum Gasteiger partial charge on any atom is 0.189 e. The fourth-order valence-electron chi connectivity index (χ4n) is 2.24. The number of ketones is 1. The zero-order valence-electron chi connectivity index (χ0n) is 15.4. The van der Waals surface area contributed by atoms with Gasteiger partial charge in [0.1, 0.15) is 0 Å². The number of hydrogen-bond acceptors (Lipinski definition) is 4. The van der Waals surface area contributed by atoms with Crippen molar-refractivity contribution >= 4 is 11.9 Å². The Hall–Kier alpha value is -2.56. The molecule has 0 radical (unpaired) electrons. The topological polar surface area (TPSA) is 53.3 Å². The molecule has 0 fully saturated rings. The minimum atomic E-state index is -0.0730. The Morgan fingerprint density at radius 3 is 2.68 bits per heavy atom. The summed E-state index contributed by atoms with van der Waals surface area (Å²) < 4.78 is 13.1. The van der Waals surface area contributed by atoms with Gasteiger partial charge in [-0.3, -0.25) is 9.48 Å². The first-order valence-corrected chi connectivity index (χ1v) is 8.71. The van der Waals surface area contributed by atoms with Gasteiger partial charge in [0.2, 0.25) is 0 Å². The number of carbonyl (C=O) groups excluding carboxylic acids is 1. The van der Waals surface area contributed by atoms with Crippen molar-refractivity contribution in [3.05, 3.63) is 47.8 Å². The zero-order chi connectivity index (χ0) is 18.2. The number of ether oxygens (including phenoxy) is 2. The lowest BCUT2D eigenvalue weighted by atomic mass is 10.1. The van der Waals surface area contributed by atoms with Crippen LogP contribution in [-0.4, -0.2) is 28.8 Å². The highest BCUT2D eigenvalue weighted by Gasteiger charge is 2.08. The number of carbonyl (C=O) groups is 1. The molecule has 0 bridgehead atoms. The van der Waals surface area contributed by atoms with Gasteiger partial charge in [-0.15, -0.1) is 0 Å². The standard InChI is InChI=1S/C20H26N2O3/c1-5-11-25-19-10-8-16(12-20(19)24-6-2)7-9-18(23)17-13-21-22(14-17)15(3)4/h7-10,12-15H,5-6,11H2,1-4H3. The SMILES string of the molecule is CCCOc1ccc(C=CC(=O)c2cnn(C(C)C)c2)cc1OCC. The molecule has 25 heavy (non-hydrogen) atoms. The lowest BCUT2D eigenvalue weighted by Gasteiger charge is -2.11. The van der Waals surface area contributed by atoms with E-state index in [2.05, 4.69) is 12.0 Å². The van der Waals surface area contributed by atoms with E-state index in [4.69, 9.17) is 9.47 Å². The third-order valence-corrected chi connectivity index (χ3v) is 3.57. The van der Waals surface area contributed by atoms with Crippen molar-refractivity contribution in [3.8, 4) is 11.5 Å². The van der Waals surface area contributed by atoms with E-state index in [-0.39, 0.29) is 11.8 Å². The summed E-state index contributed by atoms with van der Waals surface area (Å²) in [7, 11) is 0. The van der Waals surface area contributed by atoms with Gasteiger partial charge in [0, 0.05) is 12.2 Å². The predicted octanol–water partition coefficient (Wildman–Crippen LogP) is 4.55. The van der Waals surface area contributed by atoms with Gasteiger partial charge >= 0.3 is 0 Å². The lowest BCUT2D eigenvalue weighted by molar-refractivity contribution is 0.104. The Balaban J connectivity index is 2.13. The van der Waals surface area contributed by atoms with E-state index in [0.29, 0.717) is 24.5 Å². The van der Waals surface area contributed by atoms with Crippen LogP contribution in [0.4, 0.5) is 0 Å². The van der Waals surface area contributed by atoms with Crippen LogP contribution in [-0.2, 0) is 0 Å². The summed E-state index contributed by atoms with van der Waals surface area (Å²) in [5, 5.41) is 4.20. The lowest BCUT2D eigenvalue weighted by Crippen LogP contribution is -2.00. The smallest absolute Gasteiger partial charge is 0.189 e. The average molecular weight is 342 g/mol. The fourth-order valence-corrected chi connectivity index (χ4v) is 2.24.